The SMILES string of the molecule is COCCN(C)S(=O)(=O)N1CC[C@H](N)C[C@H]1C. The summed E-state index contributed by atoms with van der Waals surface area (Å²) in [5, 5.41) is 0. The quantitative estimate of drug-likeness (QED) is 0.735. The van der Waals surface area contributed by atoms with Gasteiger partial charge in [-0.25, -0.2) is 0 Å². The Morgan fingerprint density at radius 3 is 2.71 bits per heavy atom. The Morgan fingerprint density at radius 2 is 2.18 bits per heavy atom. The third kappa shape index (κ3) is 3.62. The molecule has 0 amide bonds. The summed E-state index contributed by atoms with van der Waals surface area (Å²) in [4.78, 5) is 0. The van der Waals surface area contributed by atoms with Crippen LogP contribution in [0.3, 0.4) is 0 Å². The van der Waals surface area contributed by atoms with E-state index in [0.29, 0.717) is 19.7 Å². The molecule has 0 aromatic rings. The van der Waals surface area contributed by atoms with E-state index in [9.17, 15) is 8.42 Å². The Morgan fingerprint density at radius 1 is 1.53 bits per heavy atom. The molecule has 2 N–H and O–H groups in total. The molecule has 2 atom stereocenters. The molecule has 1 rings (SSSR count). The van der Waals surface area contributed by atoms with E-state index < -0.39 is 10.2 Å². The predicted octanol–water partition coefficient (Wildman–Crippen LogP) is -0.379. The molecule has 1 aliphatic heterocycles. The highest BCUT2D eigenvalue weighted by molar-refractivity contribution is 7.86. The van der Waals surface area contributed by atoms with Crippen LogP contribution in [0.15, 0.2) is 0 Å². The van der Waals surface area contributed by atoms with Gasteiger partial charge >= 0.3 is 0 Å². The number of hydrogen-bond acceptors (Lipinski definition) is 4. The topological polar surface area (TPSA) is 75.9 Å². The zero-order chi connectivity index (χ0) is 13.1. The number of nitrogens with two attached hydrogens (primary N) is 1. The van der Waals surface area contributed by atoms with E-state index in [0.717, 1.165) is 12.8 Å². The maximum atomic E-state index is 12.3. The fourth-order valence-corrected chi connectivity index (χ4v) is 3.58. The first-order chi connectivity index (χ1) is 7.89. The van der Waals surface area contributed by atoms with E-state index in [1.165, 1.54) is 8.61 Å². The summed E-state index contributed by atoms with van der Waals surface area (Å²) >= 11 is 0. The molecule has 17 heavy (non-hydrogen) atoms. The number of nitrogens with zero attached hydrogens (tertiary/aromatic N) is 2. The van der Waals surface area contributed by atoms with E-state index in [-0.39, 0.29) is 12.1 Å². The second kappa shape index (κ2) is 6.10. The average molecular weight is 265 g/mol. The van der Waals surface area contributed by atoms with Crippen molar-refractivity contribution < 1.29 is 13.2 Å². The molecular formula is C10H23N3O3S. The minimum Gasteiger partial charge on any atom is -0.383 e. The molecular weight excluding hydrogens is 242 g/mol. The lowest BCUT2D eigenvalue weighted by Crippen LogP contribution is -2.52. The molecule has 1 aliphatic rings. The van der Waals surface area contributed by atoms with Crippen LogP contribution in [-0.4, -0.2) is 63.0 Å². The predicted molar refractivity (Wildman–Crippen MR) is 66.8 cm³/mol. The van der Waals surface area contributed by atoms with Gasteiger partial charge in [-0.15, -0.1) is 0 Å². The zero-order valence-electron chi connectivity index (χ0n) is 10.8. The molecule has 102 valence electrons. The normalized spacial score (nSPS) is 27.6. The van der Waals surface area contributed by atoms with E-state index >= 15 is 0 Å². The van der Waals surface area contributed by atoms with Gasteiger partial charge in [0.1, 0.15) is 0 Å². The largest absolute Gasteiger partial charge is 0.383 e. The highest BCUT2D eigenvalue weighted by Crippen LogP contribution is 2.20. The maximum absolute atomic E-state index is 12.3. The summed E-state index contributed by atoms with van der Waals surface area (Å²) in [6.07, 6.45) is 1.44. The number of piperidine rings is 1. The van der Waals surface area contributed by atoms with Crippen molar-refractivity contribution in [2.75, 3.05) is 33.9 Å². The summed E-state index contributed by atoms with van der Waals surface area (Å²) in [7, 11) is -0.238. The molecule has 0 bridgehead atoms. The number of likely N-dealkylation sites (N-methyl/N-ethyl adjacent to an activating group) is 1. The number of rotatable bonds is 5. The van der Waals surface area contributed by atoms with Crippen LogP contribution in [0.2, 0.25) is 0 Å². The summed E-state index contributed by atoms with van der Waals surface area (Å²) in [5.41, 5.74) is 5.83. The monoisotopic (exact) mass is 265 g/mol. The summed E-state index contributed by atoms with van der Waals surface area (Å²) < 4.78 is 32.3. The summed E-state index contributed by atoms with van der Waals surface area (Å²) in [6, 6.07) is 0.0782. The summed E-state index contributed by atoms with van der Waals surface area (Å²) in [5.74, 6) is 0. The van der Waals surface area contributed by atoms with Gasteiger partial charge in [0.05, 0.1) is 6.61 Å². The first kappa shape index (κ1) is 14.8. The van der Waals surface area contributed by atoms with Gasteiger partial charge in [0.2, 0.25) is 0 Å². The Balaban J connectivity index is 2.69. The minimum absolute atomic E-state index is 0.0336. The molecule has 7 heteroatoms. The molecule has 1 saturated heterocycles. The van der Waals surface area contributed by atoms with Gasteiger partial charge in [0.15, 0.2) is 0 Å². The second-order valence-electron chi connectivity index (χ2n) is 4.57. The fourth-order valence-electron chi connectivity index (χ4n) is 2.04. The fraction of sp³-hybridized carbons (Fsp3) is 1.00. The molecule has 1 heterocycles. The number of methoxy groups -OCH3 is 1. The number of ether oxygens (including phenoxy) is 1. The third-order valence-electron chi connectivity index (χ3n) is 3.16. The molecule has 0 unspecified atom stereocenters. The van der Waals surface area contributed by atoms with Crippen molar-refractivity contribution in [1.29, 1.82) is 0 Å². The Labute approximate surface area is 104 Å². The van der Waals surface area contributed by atoms with Gasteiger partial charge in [0.25, 0.3) is 10.2 Å². The highest BCUT2D eigenvalue weighted by atomic mass is 32.2. The van der Waals surface area contributed by atoms with Crippen LogP contribution in [0.25, 0.3) is 0 Å². The molecule has 0 aliphatic carbocycles. The minimum atomic E-state index is -3.38. The van der Waals surface area contributed by atoms with Crippen molar-refractivity contribution in [2.24, 2.45) is 5.73 Å². The number of hydrogen-bond donors (Lipinski definition) is 1. The first-order valence-electron chi connectivity index (χ1n) is 5.87. The molecule has 0 saturated carbocycles. The third-order valence-corrected chi connectivity index (χ3v) is 5.26. The lowest BCUT2D eigenvalue weighted by molar-refractivity contribution is 0.177. The lowest BCUT2D eigenvalue weighted by Gasteiger charge is -2.37. The van der Waals surface area contributed by atoms with E-state index in [1.54, 1.807) is 14.2 Å². The van der Waals surface area contributed by atoms with Crippen LogP contribution in [0.4, 0.5) is 0 Å². The van der Waals surface area contributed by atoms with Crippen LogP contribution in [0.5, 0.6) is 0 Å². The van der Waals surface area contributed by atoms with Crippen LogP contribution >= 0.6 is 0 Å². The second-order valence-corrected chi connectivity index (χ2v) is 6.55. The van der Waals surface area contributed by atoms with Crippen LogP contribution in [0, 0.1) is 0 Å². The van der Waals surface area contributed by atoms with Crippen molar-refractivity contribution in [3.8, 4) is 0 Å². The van der Waals surface area contributed by atoms with Gasteiger partial charge in [-0.05, 0) is 19.8 Å². The van der Waals surface area contributed by atoms with Gasteiger partial charge in [-0.1, -0.05) is 0 Å². The smallest absolute Gasteiger partial charge is 0.282 e. The molecule has 6 nitrogen and oxygen atoms in total. The van der Waals surface area contributed by atoms with E-state index in [2.05, 4.69) is 0 Å². The van der Waals surface area contributed by atoms with Gasteiger partial charge in [-0.3, -0.25) is 0 Å². The van der Waals surface area contributed by atoms with Crippen molar-refractivity contribution in [3.63, 3.8) is 0 Å². The van der Waals surface area contributed by atoms with E-state index in [1.807, 2.05) is 6.92 Å². The van der Waals surface area contributed by atoms with Crippen molar-refractivity contribution in [2.45, 2.75) is 31.8 Å². The molecule has 1 fully saturated rings. The first-order valence-corrected chi connectivity index (χ1v) is 7.27. The zero-order valence-corrected chi connectivity index (χ0v) is 11.6. The Bertz CT molecular complexity index is 334. The van der Waals surface area contributed by atoms with Gasteiger partial charge in [-0.2, -0.15) is 17.0 Å². The van der Waals surface area contributed by atoms with Gasteiger partial charge < -0.3 is 10.5 Å². The Kier molecular flexibility index (Phi) is 5.33. The lowest BCUT2D eigenvalue weighted by atomic mass is 10.0. The molecule has 0 aromatic heterocycles. The average Bonchev–Trinajstić information content (AvgIpc) is 2.25. The van der Waals surface area contributed by atoms with E-state index in [4.69, 9.17) is 10.5 Å². The standard InChI is InChI=1S/C10H23N3O3S/c1-9-8-10(11)4-5-13(9)17(14,15)12(2)6-7-16-3/h9-10H,4-8,11H2,1-3H3/t9-,10+/m1/s1. The van der Waals surface area contributed by atoms with Crippen molar-refractivity contribution >= 4 is 10.2 Å². The highest BCUT2D eigenvalue weighted by Gasteiger charge is 2.34. The van der Waals surface area contributed by atoms with Crippen molar-refractivity contribution in [1.82, 2.24) is 8.61 Å². The van der Waals surface area contributed by atoms with Crippen LogP contribution in [-0.2, 0) is 14.9 Å². The van der Waals surface area contributed by atoms with Crippen LogP contribution in [0.1, 0.15) is 19.8 Å². The van der Waals surface area contributed by atoms with Crippen molar-refractivity contribution in [3.05, 3.63) is 0 Å². The Hall–Kier alpha value is -0.210. The van der Waals surface area contributed by atoms with Crippen LogP contribution < -0.4 is 5.73 Å². The molecule has 0 spiro atoms. The molecule has 0 aromatic carbocycles. The van der Waals surface area contributed by atoms with Gasteiger partial charge in [0, 0.05) is 39.3 Å². The maximum Gasteiger partial charge on any atom is 0.282 e. The molecule has 0 radical (unpaired) electrons. The summed E-state index contributed by atoms with van der Waals surface area (Å²) in [6.45, 7) is 3.17.